The zero-order valence-electron chi connectivity index (χ0n) is 16.8. The van der Waals surface area contributed by atoms with Crippen LogP contribution in [0.5, 0.6) is 0 Å². The molecule has 0 saturated carbocycles. The quantitative estimate of drug-likeness (QED) is 0.302. The number of carbonyl (C=O) groups excluding carboxylic acids is 2. The lowest BCUT2D eigenvalue weighted by Crippen LogP contribution is -2.26. The van der Waals surface area contributed by atoms with Crippen molar-refractivity contribution < 1.29 is 24.4 Å². The van der Waals surface area contributed by atoms with Gasteiger partial charge in [0.05, 0.1) is 17.1 Å². The lowest BCUT2D eigenvalue weighted by Gasteiger charge is -2.16. The number of anilines is 1. The van der Waals surface area contributed by atoms with Crippen LogP contribution >= 0.6 is 0 Å². The summed E-state index contributed by atoms with van der Waals surface area (Å²) in [6.45, 7) is 7.08. The van der Waals surface area contributed by atoms with Crippen molar-refractivity contribution in [2.45, 2.75) is 33.8 Å². The molecule has 0 spiro atoms. The third-order valence-electron chi connectivity index (χ3n) is 4.62. The second kappa shape index (κ2) is 9.29. The third-order valence-corrected chi connectivity index (χ3v) is 4.62. The molecule has 29 heavy (non-hydrogen) atoms. The molecule has 0 heterocycles. The SMILES string of the molecule is Cc1cc(C)c(C(=O)[C@@H](C)OC(=O)c2cc([N+](=O)[O-])ccc2NCCO)cc1C. The van der Waals surface area contributed by atoms with E-state index in [1.807, 2.05) is 26.8 Å². The summed E-state index contributed by atoms with van der Waals surface area (Å²) in [5.74, 6) is -1.22. The lowest BCUT2D eigenvalue weighted by atomic mass is 9.96. The fourth-order valence-electron chi connectivity index (χ4n) is 2.88. The molecule has 2 aromatic rings. The minimum atomic E-state index is -1.08. The van der Waals surface area contributed by atoms with Crippen molar-refractivity contribution in [3.63, 3.8) is 0 Å². The smallest absolute Gasteiger partial charge is 0.341 e. The van der Waals surface area contributed by atoms with Gasteiger partial charge < -0.3 is 15.2 Å². The van der Waals surface area contributed by atoms with Crippen LogP contribution in [-0.2, 0) is 4.74 Å². The van der Waals surface area contributed by atoms with E-state index in [0.29, 0.717) is 5.56 Å². The molecule has 0 amide bonds. The van der Waals surface area contributed by atoms with Crippen molar-refractivity contribution in [3.8, 4) is 0 Å². The topological polar surface area (TPSA) is 119 Å². The normalized spacial score (nSPS) is 11.6. The number of ether oxygens (including phenoxy) is 1. The Balaban J connectivity index is 2.28. The number of hydrogen-bond donors (Lipinski definition) is 2. The summed E-state index contributed by atoms with van der Waals surface area (Å²) in [7, 11) is 0. The molecule has 2 aromatic carbocycles. The lowest BCUT2D eigenvalue weighted by molar-refractivity contribution is -0.384. The average molecular weight is 400 g/mol. The first-order chi connectivity index (χ1) is 13.6. The summed E-state index contributed by atoms with van der Waals surface area (Å²) in [6, 6.07) is 7.35. The van der Waals surface area contributed by atoms with Crippen molar-refractivity contribution in [2.24, 2.45) is 0 Å². The van der Waals surface area contributed by atoms with Gasteiger partial charge in [0.2, 0.25) is 5.78 Å². The van der Waals surface area contributed by atoms with Crippen LogP contribution in [0, 0.1) is 30.9 Å². The number of esters is 1. The number of nitrogens with zero attached hydrogens (tertiary/aromatic N) is 1. The number of hydrogen-bond acceptors (Lipinski definition) is 7. The van der Waals surface area contributed by atoms with Crippen LogP contribution in [-0.4, -0.2) is 41.0 Å². The van der Waals surface area contributed by atoms with Gasteiger partial charge in [-0.2, -0.15) is 0 Å². The molecule has 1 atom stereocenters. The Kier molecular flexibility index (Phi) is 7.06. The maximum absolute atomic E-state index is 12.8. The Morgan fingerprint density at radius 2 is 1.76 bits per heavy atom. The highest BCUT2D eigenvalue weighted by Crippen LogP contribution is 2.24. The highest BCUT2D eigenvalue weighted by Gasteiger charge is 2.25. The maximum Gasteiger partial charge on any atom is 0.341 e. The molecule has 2 rings (SSSR count). The van der Waals surface area contributed by atoms with Crippen molar-refractivity contribution in [3.05, 3.63) is 68.3 Å². The predicted octanol–water partition coefficient (Wildman–Crippen LogP) is 3.35. The number of non-ortho nitro benzene ring substituents is 1. The third kappa shape index (κ3) is 5.17. The van der Waals surface area contributed by atoms with E-state index >= 15 is 0 Å². The molecular weight excluding hydrogens is 376 g/mol. The minimum absolute atomic E-state index is 0.0795. The predicted molar refractivity (Wildman–Crippen MR) is 109 cm³/mol. The number of aryl methyl sites for hydroxylation is 3. The van der Waals surface area contributed by atoms with Crippen molar-refractivity contribution in [2.75, 3.05) is 18.5 Å². The number of carbonyl (C=O) groups is 2. The Hall–Kier alpha value is -3.26. The standard InChI is InChI=1S/C21H24N2O6/c1-12-9-14(3)17(10-13(12)2)20(25)15(4)29-21(26)18-11-16(23(27)28)5-6-19(18)22-7-8-24/h5-6,9-11,15,22,24H,7-8H2,1-4H3/t15-/m1/s1. The number of benzene rings is 2. The summed E-state index contributed by atoms with van der Waals surface area (Å²) in [4.78, 5) is 35.9. The van der Waals surface area contributed by atoms with E-state index in [9.17, 15) is 19.7 Å². The molecule has 0 fully saturated rings. The Morgan fingerprint density at radius 3 is 2.38 bits per heavy atom. The van der Waals surface area contributed by atoms with Crippen LogP contribution in [0.4, 0.5) is 11.4 Å². The van der Waals surface area contributed by atoms with Gasteiger partial charge in [-0.25, -0.2) is 4.79 Å². The molecule has 0 aliphatic heterocycles. The molecule has 0 unspecified atom stereocenters. The van der Waals surface area contributed by atoms with Gasteiger partial charge >= 0.3 is 5.97 Å². The number of aliphatic hydroxyl groups excluding tert-OH is 1. The average Bonchev–Trinajstić information content (AvgIpc) is 2.68. The van der Waals surface area contributed by atoms with Gasteiger partial charge in [0, 0.05) is 29.9 Å². The van der Waals surface area contributed by atoms with E-state index in [4.69, 9.17) is 9.84 Å². The highest BCUT2D eigenvalue weighted by atomic mass is 16.6. The molecule has 0 bridgehead atoms. The van der Waals surface area contributed by atoms with Crippen LogP contribution in [0.3, 0.4) is 0 Å². The van der Waals surface area contributed by atoms with E-state index in [0.717, 1.165) is 22.8 Å². The second-order valence-corrected chi connectivity index (χ2v) is 6.80. The van der Waals surface area contributed by atoms with Crippen molar-refractivity contribution >= 4 is 23.1 Å². The van der Waals surface area contributed by atoms with Gasteiger partial charge in [-0.15, -0.1) is 0 Å². The molecule has 8 heteroatoms. The molecule has 2 N–H and O–H groups in total. The number of aliphatic hydroxyl groups is 1. The van der Waals surface area contributed by atoms with Gasteiger partial charge in [0.1, 0.15) is 0 Å². The fraction of sp³-hybridized carbons (Fsp3) is 0.333. The highest BCUT2D eigenvalue weighted by molar-refractivity contribution is 6.03. The zero-order valence-corrected chi connectivity index (χ0v) is 16.8. The van der Waals surface area contributed by atoms with Crippen LogP contribution < -0.4 is 5.32 Å². The molecule has 0 aromatic heterocycles. The van der Waals surface area contributed by atoms with Gasteiger partial charge in [0.25, 0.3) is 5.69 Å². The first-order valence-corrected chi connectivity index (χ1v) is 9.12. The summed E-state index contributed by atoms with van der Waals surface area (Å²) >= 11 is 0. The summed E-state index contributed by atoms with van der Waals surface area (Å²) < 4.78 is 5.32. The van der Waals surface area contributed by atoms with Crippen LogP contribution in [0.15, 0.2) is 30.3 Å². The number of nitro groups is 1. The zero-order chi connectivity index (χ0) is 21.7. The molecule has 0 aliphatic rings. The molecule has 0 aliphatic carbocycles. The van der Waals surface area contributed by atoms with Gasteiger partial charge in [-0.1, -0.05) is 6.07 Å². The molecular formula is C21H24N2O6. The molecule has 8 nitrogen and oxygen atoms in total. The van der Waals surface area contributed by atoms with Crippen LogP contribution in [0.2, 0.25) is 0 Å². The van der Waals surface area contributed by atoms with Gasteiger partial charge in [-0.3, -0.25) is 14.9 Å². The largest absolute Gasteiger partial charge is 0.451 e. The molecule has 0 radical (unpaired) electrons. The molecule has 154 valence electrons. The summed E-state index contributed by atoms with van der Waals surface area (Å²) in [5.41, 5.74) is 3.16. The fourth-order valence-corrected chi connectivity index (χ4v) is 2.88. The van der Waals surface area contributed by atoms with Gasteiger partial charge in [0.15, 0.2) is 6.10 Å². The second-order valence-electron chi connectivity index (χ2n) is 6.80. The number of ketones is 1. The van der Waals surface area contributed by atoms with E-state index < -0.39 is 17.0 Å². The Morgan fingerprint density at radius 1 is 1.10 bits per heavy atom. The summed E-state index contributed by atoms with van der Waals surface area (Å²) in [6.07, 6.45) is -1.08. The van der Waals surface area contributed by atoms with Gasteiger partial charge in [-0.05, 0) is 56.5 Å². The van der Waals surface area contributed by atoms with E-state index in [1.54, 1.807) is 6.07 Å². The first-order valence-electron chi connectivity index (χ1n) is 9.12. The Bertz CT molecular complexity index is 954. The van der Waals surface area contributed by atoms with E-state index in [-0.39, 0.29) is 35.9 Å². The Labute approximate surface area is 168 Å². The number of Topliss-reactive ketones (excluding diaryl/α,β-unsaturated/α-hetero) is 1. The van der Waals surface area contributed by atoms with Crippen LogP contribution in [0.1, 0.15) is 44.3 Å². The first kappa shape index (κ1) is 22.0. The monoisotopic (exact) mass is 400 g/mol. The van der Waals surface area contributed by atoms with Crippen LogP contribution in [0.25, 0.3) is 0 Å². The minimum Gasteiger partial charge on any atom is -0.451 e. The molecule has 0 saturated heterocycles. The van der Waals surface area contributed by atoms with Crippen molar-refractivity contribution in [1.82, 2.24) is 0 Å². The number of rotatable bonds is 8. The maximum atomic E-state index is 12.8. The number of nitrogens with one attached hydrogen (secondary N) is 1. The summed E-state index contributed by atoms with van der Waals surface area (Å²) in [5, 5.41) is 22.8. The number of nitro benzene ring substituents is 1. The van der Waals surface area contributed by atoms with Crippen molar-refractivity contribution in [1.29, 1.82) is 0 Å². The van der Waals surface area contributed by atoms with E-state index in [2.05, 4.69) is 5.32 Å². The van der Waals surface area contributed by atoms with E-state index in [1.165, 1.54) is 19.1 Å².